The lowest BCUT2D eigenvalue weighted by Gasteiger charge is -2.38. The molecule has 0 saturated carbocycles. The summed E-state index contributed by atoms with van der Waals surface area (Å²) in [5.41, 5.74) is 8.36. The molecule has 47 heavy (non-hydrogen) atoms. The van der Waals surface area contributed by atoms with Gasteiger partial charge in [-0.1, -0.05) is 39.8 Å². The second kappa shape index (κ2) is 19.1. The average Bonchev–Trinajstić information content (AvgIpc) is 3.06. The summed E-state index contributed by atoms with van der Waals surface area (Å²) in [6, 6.07) is 9.11. The number of carboxylic acids is 1. The molecule has 0 amide bonds. The number of carboxylic acid groups (broad SMARTS) is 1. The number of aromatic nitrogens is 3. The molecule has 1 unspecified atom stereocenters. The van der Waals surface area contributed by atoms with Gasteiger partial charge < -0.3 is 35.8 Å². The van der Waals surface area contributed by atoms with Gasteiger partial charge in [0.2, 0.25) is 17.8 Å². The summed E-state index contributed by atoms with van der Waals surface area (Å²) in [5, 5.41) is 12.3. The minimum atomic E-state index is -0.720. The summed E-state index contributed by atoms with van der Waals surface area (Å²) in [6.07, 6.45) is 4.92. The van der Waals surface area contributed by atoms with Crippen LogP contribution in [0.25, 0.3) is 0 Å². The van der Waals surface area contributed by atoms with Crippen LogP contribution in [0.5, 0.6) is 0 Å². The highest BCUT2D eigenvalue weighted by atomic mass is 16.4. The van der Waals surface area contributed by atoms with Crippen LogP contribution in [0, 0.1) is 5.92 Å². The van der Waals surface area contributed by atoms with Crippen LogP contribution in [-0.4, -0.2) is 137 Å². The van der Waals surface area contributed by atoms with Crippen LogP contribution in [0.15, 0.2) is 24.3 Å². The molecular weight excluding hydrogens is 592 g/mol. The Bertz CT molecular complexity index is 1210. The zero-order valence-corrected chi connectivity index (χ0v) is 29.4. The van der Waals surface area contributed by atoms with Crippen LogP contribution in [0.2, 0.25) is 0 Å². The molecule has 12 nitrogen and oxygen atoms in total. The van der Waals surface area contributed by atoms with E-state index in [2.05, 4.69) is 91.7 Å². The highest BCUT2D eigenvalue weighted by Gasteiger charge is 2.24. The number of benzene rings is 1. The maximum atomic E-state index is 10.9. The Hall–Kier alpha value is -3.06. The third-order valence-electron chi connectivity index (χ3n) is 10.1. The molecule has 0 radical (unpaired) electrons. The topological polar surface area (TPSA) is 130 Å². The fraction of sp³-hybridized carbons (Fsp3) is 0.714. The molecule has 3 heterocycles. The molecular formula is C35H60N10O2. The SMILES string of the molecule is CCN1CCN(CC)CCN(CC)C(Cc2ccc(Nc3nc(N)nc(N4CCC(CCCC(=O)O)CC4)n3)cc2)CN(CC)CC1. The van der Waals surface area contributed by atoms with Gasteiger partial charge in [-0.2, -0.15) is 15.0 Å². The Kier molecular flexibility index (Phi) is 14.9. The molecule has 12 heteroatoms. The number of hydrogen-bond acceptors (Lipinski definition) is 11. The fourth-order valence-electron chi connectivity index (χ4n) is 6.94. The van der Waals surface area contributed by atoms with Crippen molar-refractivity contribution in [2.24, 2.45) is 5.92 Å². The molecule has 4 N–H and O–H groups in total. The largest absolute Gasteiger partial charge is 0.481 e. The predicted octanol–water partition coefficient (Wildman–Crippen LogP) is 3.88. The second-order valence-corrected chi connectivity index (χ2v) is 13.1. The summed E-state index contributed by atoms with van der Waals surface area (Å²) in [6.45, 7) is 22.9. The number of nitrogens with one attached hydrogen (secondary N) is 1. The zero-order chi connectivity index (χ0) is 33.6. The van der Waals surface area contributed by atoms with E-state index in [1.54, 1.807) is 0 Å². The Morgan fingerprint density at radius 1 is 0.830 bits per heavy atom. The summed E-state index contributed by atoms with van der Waals surface area (Å²) < 4.78 is 0. The lowest BCUT2D eigenvalue weighted by molar-refractivity contribution is -0.137. The summed E-state index contributed by atoms with van der Waals surface area (Å²) in [7, 11) is 0. The number of carbonyl (C=O) groups is 1. The van der Waals surface area contributed by atoms with Crippen LogP contribution >= 0.6 is 0 Å². The van der Waals surface area contributed by atoms with Gasteiger partial charge >= 0.3 is 5.97 Å². The number of nitrogens with two attached hydrogens (primary N) is 1. The highest BCUT2D eigenvalue weighted by Crippen LogP contribution is 2.26. The van der Waals surface area contributed by atoms with E-state index in [0.717, 1.165) is 123 Å². The van der Waals surface area contributed by atoms with E-state index in [1.807, 2.05) is 0 Å². The molecule has 2 saturated heterocycles. The van der Waals surface area contributed by atoms with Crippen LogP contribution < -0.4 is 16.0 Å². The Morgan fingerprint density at radius 3 is 2.04 bits per heavy atom. The van der Waals surface area contributed by atoms with Gasteiger partial charge in [-0.15, -0.1) is 0 Å². The average molecular weight is 653 g/mol. The summed E-state index contributed by atoms with van der Waals surface area (Å²) >= 11 is 0. The number of aliphatic carboxylic acids is 1. The lowest BCUT2D eigenvalue weighted by atomic mass is 9.92. The maximum Gasteiger partial charge on any atom is 0.303 e. The Morgan fingerprint density at radius 2 is 1.45 bits per heavy atom. The fourth-order valence-corrected chi connectivity index (χ4v) is 6.94. The van der Waals surface area contributed by atoms with Crippen LogP contribution in [-0.2, 0) is 11.2 Å². The van der Waals surface area contributed by atoms with Crippen LogP contribution in [0.4, 0.5) is 23.5 Å². The number of rotatable bonds is 13. The molecule has 1 aromatic carbocycles. The van der Waals surface area contributed by atoms with E-state index in [0.29, 0.717) is 23.9 Å². The van der Waals surface area contributed by atoms with Gasteiger partial charge in [0.15, 0.2) is 0 Å². The number of nitrogen functional groups attached to an aromatic ring is 1. The van der Waals surface area contributed by atoms with E-state index in [1.165, 1.54) is 5.56 Å². The van der Waals surface area contributed by atoms with Gasteiger partial charge in [0, 0.05) is 77.1 Å². The van der Waals surface area contributed by atoms with E-state index < -0.39 is 5.97 Å². The summed E-state index contributed by atoms with van der Waals surface area (Å²) in [4.78, 5) is 37.0. The molecule has 0 bridgehead atoms. The van der Waals surface area contributed by atoms with Crippen LogP contribution in [0.3, 0.4) is 0 Å². The molecule has 1 atom stereocenters. The van der Waals surface area contributed by atoms with Gasteiger partial charge in [-0.25, -0.2) is 0 Å². The molecule has 4 rings (SSSR count). The molecule has 0 spiro atoms. The van der Waals surface area contributed by atoms with Gasteiger partial charge in [0.25, 0.3) is 0 Å². The number of nitrogens with zero attached hydrogens (tertiary/aromatic N) is 8. The number of hydrogen-bond donors (Lipinski definition) is 3. The van der Waals surface area contributed by atoms with Gasteiger partial charge in [-0.05, 0) is 81.9 Å². The van der Waals surface area contributed by atoms with Crippen molar-refractivity contribution in [2.45, 2.75) is 72.3 Å². The third kappa shape index (κ3) is 11.8. The smallest absolute Gasteiger partial charge is 0.303 e. The van der Waals surface area contributed by atoms with E-state index in [9.17, 15) is 4.79 Å². The quantitative estimate of drug-likeness (QED) is 0.290. The molecule has 0 aliphatic carbocycles. The maximum absolute atomic E-state index is 10.9. The molecule has 1 aromatic heterocycles. The molecule has 2 aliphatic rings. The van der Waals surface area contributed by atoms with Gasteiger partial charge in [-0.3, -0.25) is 9.69 Å². The predicted molar refractivity (Wildman–Crippen MR) is 191 cm³/mol. The van der Waals surface area contributed by atoms with Crippen molar-refractivity contribution >= 4 is 29.5 Å². The summed E-state index contributed by atoms with van der Waals surface area (Å²) in [5.74, 6) is 1.05. The van der Waals surface area contributed by atoms with Crippen molar-refractivity contribution in [3.63, 3.8) is 0 Å². The number of piperidine rings is 1. The second-order valence-electron chi connectivity index (χ2n) is 13.1. The molecule has 2 aliphatic heterocycles. The zero-order valence-electron chi connectivity index (χ0n) is 29.4. The van der Waals surface area contributed by atoms with Crippen LogP contribution in [0.1, 0.15) is 65.4 Å². The van der Waals surface area contributed by atoms with E-state index in [-0.39, 0.29) is 12.4 Å². The monoisotopic (exact) mass is 652 g/mol. The molecule has 2 aromatic rings. The van der Waals surface area contributed by atoms with Crippen molar-refractivity contribution in [1.29, 1.82) is 0 Å². The lowest BCUT2D eigenvalue weighted by Crippen LogP contribution is -2.50. The molecule has 2 fully saturated rings. The minimum absolute atomic E-state index is 0.198. The molecule has 262 valence electrons. The third-order valence-corrected chi connectivity index (χ3v) is 10.1. The number of likely N-dealkylation sites (N-methyl/N-ethyl adjacent to an activating group) is 4. The highest BCUT2D eigenvalue weighted by molar-refractivity contribution is 5.66. The number of anilines is 4. The Labute approximate surface area is 282 Å². The first-order chi connectivity index (χ1) is 22.8. The standard InChI is InChI=1S/C35H60N10O2/c1-5-41-20-21-42(6-2)24-25-44(8-4)31(27-43(7-3)23-22-41)26-29-12-14-30(15-13-29)37-34-38-33(36)39-35(40-34)45-18-16-28(17-19-45)10-9-11-32(46)47/h12-15,28,31H,5-11,16-27H2,1-4H3,(H,46,47)(H3,36,37,38,39,40). The van der Waals surface area contributed by atoms with E-state index >= 15 is 0 Å². The first kappa shape index (κ1) is 36.8. The van der Waals surface area contributed by atoms with Crippen molar-refractivity contribution in [3.8, 4) is 0 Å². The van der Waals surface area contributed by atoms with Crippen molar-refractivity contribution < 1.29 is 9.90 Å². The van der Waals surface area contributed by atoms with Crippen molar-refractivity contribution in [1.82, 2.24) is 34.6 Å². The minimum Gasteiger partial charge on any atom is -0.481 e. The van der Waals surface area contributed by atoms with Crippen molar-refractivity contribution in [3.05, 3.63) is 29.8 Å². The normalized spacial score (nSPS) is 20.5. The first-order valence-corrected chi connectivity index (χ1v) is 18.0. The Balaban J connectivity index is 1.39. The first-order valence-electron chi connectivity index (χ1n) is 18.0. The van der Waals surface area contributed by atoms with Gasteiger partial charge in [0.05, 0.1) is 0 Å². The van der Waals surface area contributed by atoms with E-state index in [4.69, 9.17) is 15.8 Å². The van der Waals surface area contributed by atoms with Crippen molar-refractivity contribution in [2.75, 3.05) is 101 Å². The van der Waals surface area contributed by atoms with Gasteiger partial charge in [0.1, 0.15) is 0 Å².